The summed E-state index contributed by atoms with van der Waals surface area (Å²) in [6, 6.07) is 8.31. The number of hydrogen-bond donors (Lipinski definition) is 1. The summed E-state index contributed by atoms with van der Waals surface area (Å²) in [6.07, 6.45) is 1.91. The molecule has 1 aromatic rings. The molecule has 0 fully saturated rings. The van der Waals surface area contributed by atoms with Crippen LogP contribution in [-0.2, 0) is 6.42 Å². The van der Waals surface area contributed by atoms with Gasteiger partial charge in [-0.25, -0.2) is 0 Å². The fraction of sp³-hybridized carbons (Fsp3) is 0.600. The Kier molecular flexibility index (Phi) is 6.76. The number of hydrogen-bond acceptors (Lipinski definition) is 3. The molecule has 3 heteroatoms. The molecule has 3 nitrogen and oxygen atoms in total. The van der Waals surface area contributed by atoms with Crippen LogP contribution in [0.4, 0.5) is 0 Å². The predicted molar refractivity (Wildman–Crippen MR) is 77.1 cm³/mol. The molecule has 0 heterocycles. The van der Waals surface area contributed by atoms with Crippen molar-refractivity contribution >= 4 is 0 Å². The first-order valence-electron chi connectivity index (χ1n) is 6.81. The lowest BCUT2D eigenvalue weighted by atomic mass is 10.0. The smallest absolute Gasteiger partial charge is 0.122 e. The van der Waals surface area contributed by atoms with Crippen molar-refractivity contribution in [2.45, 2.75) is 32.7 Å². The molecule has 0 aliphatic carbocycles. The van der Waals surface area contributed by atoms with E-state index in [9.17, 15) is 0 Å². The molecule has 0 aliphatic heterocycles. The van der Waals surface area contributed by atoms with Gasteiger partial charge >= 0.3 is 0 Å². The first-order chi connectivity index (χ1) is 8.71. The molecular weight excluding hydrogens is 224 g/mol. The maximum atomic E-state index is 6.20. The molecule has 0 aliphatic rings. The van der Waals surface area contributed by atoms with Gasteiger partial charge in [0.05, 0.1) is 7.11 Å². The summed E-state index contributed by atoms with van der Waals surface area (Å²) >= 11 is 0. The number of nitrogens with zero attached hydrogens (tertiary/aromatic N) is 1. The van der Waals surface area contributed by atoms with Gasteiger partial charge in [-0.2, -0.15) is 0 Å². The summed E-state index contributed by atoms with van der Waals surface area (Å²) in [4.78, 5) is 2.40. The minimum atomic E-state index is 0.196. The number of nitrogens with two attached hydrogens (primary N) is 1. The van der Waals surface area contributed by atoms with E-state index in [2.05, 4.69) is 24.8 Å². The summed E-state index contributed by atoms with van der Waals surface area (Å²) in [5.74, 6) is 0.941. The largest absolute Gasteiger partial charge is 0.496 e. The van der Waals surface area contributed by atoms with Crippen LogP contribution in [0.3, 0.4) is 0 Å². The summed E-state index contributed by atoms with van der Waals surface area (Å²) < 4.78 is 5.35. The van der Waals surface area contributed by atoms with Crippen molar-refractivity contribution in [3.05, 3.63) is 29.8 Å². The highest BCUT2D eigenvalue weighted by molar-refractivity contribution is 5.33. The molecule has 0 aromatic heterocycles. The molecule has 0 amide bonds. The maximum absolute atomic E-state index is 6.20. The van der Waals surface area contributed by atoms with Gasteiger partial charge in [0.15, 0.2) is 0 Å². The predicted octanol–water partition coefficient (Wildman–Crippen LogP) is 2.30. The Bertz CT molecular complexity index is 337. The van der Waals surface area contributed by atoms with Crippen molar-refractivity contribution < 1.29 is 4.74 Å². The number of ether oxygens (including phenoxy) is 1. The molecule has 0 saturated carbocycles. The Morgan fingerprint density at radius 1 is 1.22 bits per heavy atom. The third-order valence-electron chi connectivity index (χ3n) is 3.39. The van der Waals surface area contributed by atoms with Crippen LogP contribution in [0.25, 0.3) is 0 Å². The second kappa shape index (κ2) is 8.11. The van der Waals surface area contributed by atoms with E-state index < -0.39 is 0 Å². The Labute approximate surface area is 111 Å². The van der Waals surface area contributed by atoms with E-state index >= 15 is 0 Å². The number of benzene rings is 1. The lowest BCUT2D eigenvalue weighted by Gasteiger charge is -2.21. The normalized spacial score (nSPS) is 12.7. The van der Waals surface area contributed by atoms with Crippen molar-refractivity contribution in [3.8, 4) is 5.75 Å². The lowest BCUT2D eigenvalue weighted by molar-refractivity contribution is 0.289. The Morgan fingerprint density at radius 3 is 2.50 bits per heavy atom. The number of methoxy groups -OCH3 is 1. The van der Waals surface area contributed by atoms with E-state index in [1.54, 1.807) is 7.11 Å². The zero-order chi connectivity index (χ0) is 13.4. The van der Waals surface area contributed by atoms with E-state index in [0.29, 0.717) is 0 Å². The summed E-state index contributed by atoms with van der Waals surface area (Å²) in [5, 5.41) is 0. The number of para-hydroxylation sites is 1. The highest BCUT2D eigenvalue weighted by Crippen LogP contribution is 2.19. The van der Waals surface area contributed by atoms with Crippen LogP contribution in [0, 0.1) is 0 Å². The first kappa shape index (κ1) is 15.0. The zero-order valence-corrected chi connectivity index (χ0v) is 11.9. The summed E-state index contributed by atoms with van der Waals surface area (Å²) in [6.45, 7) is 7.64. The topological polar surface area (TPSA) is 38.5 Å². The van der Waals surface area contributed by atoms with Gasteiger partial charge in [-0.05, 0) is 44.1 Å². The Morgan fingerprint density at radius 2 is 1.89 bits per heavy atom. The maximum Gasteiger partial charge on any atom is 0.122 e. The van der Waals surface area contributed by atoms with Crippen LogP contribution in [0.1, 0.15) is 25.8 Å². The SMILES string of the molecule is CCN(CC)CCC(N)Cc1ccccc1OC. The second-order valence-corrected chi connectivity index (χ2v) is 4.59. The fourth-order valence-corrected chi connectivity index (χ4v) is 2.14. The Balaban J connectivity index is 2.46. The van der Waals surface area contributed by atoms with Crippen LogP contribution in [0.5, 0.6) is 5.75 Å². The third-order valence-corrected chi connectivity index (χ3v) is 3.39. The summed E-state index contributed by atoms with van der Waals surface area (Å²) in [5.41, 5.74) is 7.41. The standard InChI is InChI=1S/C15H26N2O/c1-4-17(5-2)11-10-14(16)12-13-8-6-7-9-15(13)18-3/h6-9,14H,4-5,10-12,16H2,1-3H3. The first-order valence-corrected chi connectivity index (χ1v) is 6.81. The molecule has 1 aromatic carbocycles. The van der Waals surface area contributed by atoms with Crippen LogP contribution < -0.4 is 10.5 Å². The Hall–Kier alpha value is -1.06. The molecule has 0 radical (unpaired) electrons. The van der Waals surface area contributed by atoms with Gasteiger partial charge in [0, 0.05) is 6.04 Å². The van der Waals surface area contributed by atoms with E-state index in [0.717, 1.165) is 38.2 Å². The zero-order valence-electron chi connectivity index (χ0n) is 11.9. The van der Waals surface area contributed by atoms with E-state index in [4.69, 9.17) is 10.5 Å². The van der Waals surface area contributed by atoms with Gasteiger partial charge in [0.1, 0.15) is 5.75 Å². The van der Waals surface area contributed by atoms with Crippen molar-refractivity contribution in [2.75, 3.05) is 26.7 Å². The summed E-state index contributed by atoms with van der Waals surface area (Å²) in [7, 11) is 1.71. The lowest BCUT2D eigenvalue weighted by Crippen LogP contribution is -2.31. The molecule has 1 unspecified atom stereocenters. The van der Waals surface area contributed by atoms with Gasteiger partial charge in [-0.3, -0.25) is 0 Å². The van der Waals surface area contributed by atoms with Crippen molar-refractivity contribution in [3.63, 3.8) is 0 Å². The molecule has 1 atom stereocenters. The van der Waals surface area contributed by atoms with E-state index in [1.807, 2.05) is 18.2 Å². The average Bonchev–Trinajstić information content (AvgIpc) is 2.40. The van der Waals surface area contributed by atoms with Crippen molar-refractivity contribution in [1.82, 2.24) is 4.90 Å². The highest BCUT2D eigenvalue weighted by atomic mass is 16.5. The minimum absolute atomic E-state index is 0.196. The van der Waals surface area contributed by atoms with Crippen LogP contribution in [0.15, 0.2) is 24.3 Å². The van der Waals surface area contributed by atoms with Gasteiger partial charge < -0.3 is 15.4 Å². The highest BCUT2D eigenvalue weighted by Gasteiger charge is 2.09. The van der Waals surface area contributed by atoms with Crippen LogP contribution in [0.2, 0.25) is 0 Å². The van der Waals surface area contributed by atoms with Gasteiger partial charge in [-0.15, -0.1) is 0 Å². The molecule has 102 valence electrons. The molecule has 1 rings (SSSR count). The van der Waals surface area contributed by atoms with Crippen molar-refractivity contribution in [1.29, 1.82) is 0 Å². The van der Waals surface area contributed by atoms with Gasteiger partial charge in [-0.1, -0.05) is 32.0 Å². The molecule has 2 N–H and O–H groups in total. The molecular formula is C15H26N2O. The van der Waals surface area contributed by atoms with Gasteiger partial charge in [0.2, 0.25) is 0 Å². The second-order valence-electron chi connectivity index (χ2n) is 4.59. The van der Waals surface area contributed by atoms with Crippen molar-refractivity contribution in [2.24, 2.45) is 5.73 Å². The molecule has 0 saturated heterocycles. The molecule has 0 bridgehead atoms. The third kappa shape index (κ3) is 4.67. The van der Waals surface area contributed by atoms with Crippen LogP contribution in [-0.4, -0.2) is 37.7 Å². The van der Waals surface area contributed by atoms with E-state index in [1.165, 1.54) is 5.56 Å². The quantitative estimate of drug-likeness (QED) is 0.769. The molecule has 0 spiro atoms. The molecule has 18 heavy (non-hydrogen) atoms. The minimum Gasteiger partial charge on any atom is -0.496 e. The monoisotopic (exact) mass is 250 g/mol. The van der Waals surface area contributed by atoms with Gasteiger partial charge in [0.25, 0.3) is 0 Å². The average molecular weight is 250 g/mol. The fourth-order valence-electron chi connectivity index (χ4n) is 2.14. The number of rotatable bonds is 8. The van der Waals surface area contributed by atoms with E-state index in [-0.39, 0.29) is 6.04 Å². The van der Waals surface area contributed by atoms with Crippen LogP contribution >= 0.6 is 0 Å².